The number of amides is 2. The van der Waals surface area contributed by atoms with Crippen molar-refractivity contribution in [2.75, 3.05) is 20.2 Å². The first-order valence-corrected chi connectivity index (χ1v) is 10.1. The predicted molar refractivity (Wildman–Crippen MR) is 122 cm³/mol. The molecule has 0 aliphatic rings. The highest BCUT2D eigenvalue weighted by Gasteiger charge is 2.15. The molecule has 2 aromatic rings. The van der Waals surface area contributed by atoms with E-state index in [1.165, 1.54) is 24.5 Å². The number of hydrazine groups is 1. The van der Waals surface area contributed by atoms with E-state index in [2.05, 4.69) is 22.5 Å². The first-order valence-electron chi connectivity index (χ1n) is 10.1. The van der Waals surface area contributed by atoms with Crippen LogP contribution in [0.5, 0.6) is 5.75 Å². The number of ether oxygens (including phenoxy) is 1. The van der Waals surface area contributed by atoms with Gasteiger partial charge in [0.05, 0.1) is 19.7 Å². The number of benzene rings is 1. The number of nitrogens with two attached hydrogens (primary N) is 2. The number of carbonyl (C=O) groups excluding carboxylic acids is 2. The Labute approximate surface area is 187 Å². The molecule has 0 spiro atoms. The van der Waals surface area contributed by atoms with Gasteiger partial charge in [-0.3, -0.25) is 9.59 Å². The highest BCUT2D eigenvalue weighted by atomic mass is 16.5. The summed E-state index contributed by atoms with van der Waals surface area (Å²) in [4.78, 5) is 28.6. The third-order valence-electron chi connectivity index (χ3n) is 4.63. The molecule has 10 nitrogen and oxygen atoms in total. The van der Waals surface area contributed by atoms with Crippen molar-refractivity contribution in [3.8, 4) is 5.75 Å². The number of aryl methyl sites for hydroxylation is 1. The third kappa shape index (κ3) is 6.81. The molecule has 7 N–H and O–H groups in total. The Morgan fingerprint density at radius 1 is 1.28 bits per heavy atom. The Morgan fingerprint density at radius 2 is 2.00 bits per heavy atom. The van der Waals surface area contributed by atoms with Crippen molar-refractivity contribution in [2.45, 2.75) is 19.4 Å². The summed E-state index contributed by atoms with van der Waals surface area (Å²) in [5.41, 5.74) is 7.82. The molecule has 0 radical (unpaired) electrons. The lowest BCUT2D eigenvalue weighted by molar-refractivity contribution is -0.118. The molecule has 2 rings (SSSR count). The molecule has 1 aromatic carbocycles. The van der Waals surface area contributed by atoms with Gasteiger partial charge in [0.1, 0.15) is 11.4 Å². The molecular weight excluding hydrogens is 410 g/mol. The maximum Gasteiger partial charge on any atom is 0.273 e. The second-order valence-corrected chi connectivity index (χ2v) is 6.85. The molecule has 0 saturated heterocycles. The average molecular weight is 440 g/mol. The molecule has 32 heavy (non-hydrogen) atoms. The number of aromatic nitrogens is 1. The van der Waals surface area contributed by atoms with Crippen LogP contribution in [0.4, 0.5) is 0 Å². The molecule has 170 valence electrons. The number of nitrogens with one attached hydrogen (secondary N) is 3. The highest BCUT2D eigenvalue weighted by Crippen LogP contribution is 2.14. The van der Waals surface area contributed by atoms with Gasteiger partial charge in [-0.15, -0.1) is 0 Å². The quantitative estimate of drug-likeness (QED) is 0.150. The van der Waals surface area contributed by atoms with Crippen LogP contribution < -0.4 is 26.9 Å². The van der Waals surface area contributed by atoms with Crippen LogP contribution in [-0.2, 0) is 11.2 Å². The SMILES string of the molecule is CCc1ccc(C(C=N)NC(=O)/C(N)=C/N(N)CCNC(=O)c2ncccc2OC)cc1. The number of rotatable bonds is 11. The maximum absolute atomic E-state index is 12.4. The summed E-state index contributed by atoms with van der Waals surface area (Å²) in [6.45, 7) is 2.44. The molecule has 2 amide bonds. The van der Waals surface area contributed by atoms with Crippen molar-refractivity contribution >= 4 is 18.0 Å². The van der Waals surface area contributed by atoms with Gasteiger partial charge in [0, 0.05) is 25.2 Å². The van der Waals surface area contributed by atoms with Crippen LogP contribution in [0.2, 0.25) is 0 Å². The summed E-state index contributed by atoms with van der Waals surface area (Å²) < 4.78 is 5.11. The molecule has 1 heterocycles. The topological polar surface area (TPSA) is 159 Å². The zero-order valence-electron chi connectivity index (χ0n) is 18.2. The van der Waals surface area contributed by atoms with Crippen LogP contribution in [0.3, 0.4) is 0 Å². The zero-order chi connectivity index (χ0) is 23.5. The monoisotopic (exact) mass is 439 g/mol. The zero-order valence-corrected chi connectivity index (χ0v) is 18.2. The Kier molecular flexibility index (Phi) is 9.18. The summed E-state index contributed by atoms with van der Waals surface area (Å²) in [6, 6.07) is 10.3. The molecule has 0 fully saturated rings. The van der Waals surface area contributed by atoms with E-state index in [1.807, 2.05) is 24.3 Å². The van der Waals surface area contributed by atoms with E-state index < -0.39 is 17.9 Å². The van der Waals surface area contributed by atoms with Gasteiger partial charge in [0.2, 0.25) is 0 Å². The summed E-state index contributed by atoms with van der Waals surface area (Å²) in [5, 5.41) is 14.2. The van der Waals surface area contributed by atoms with Gasteiger partial charge in [-0.25, -0.2) is 10.8 Å². The number of hydrogen-bond donors (Lipinski definition) is 5. The van der Waals surface area contributed by atoms with Crippen LogP contribution in [0.1, 0.15) is 34.6 Å². The maximum atomic E-state index is 12.4. The number of carbonyl (C=O) groups is 2. The van der Waals surface area contributed by atoms with E-state index in [0.29, 0.717) is 5.75 Å². The summed E-state index contributed by atoms with van der Waals surface area (Å²) in [6.07, 6.45) is 4.80. The molecule has 0 bridgehead atoms. The standard InChI is InChI=1S/C22H29N7O3/c1-3-15-6-8-16(9-7-15)18(13-23)28-21(30)17(24)14-29(25)12-11-27-22(31)20-19(32-2)5-4-10-26-20/h4-10,13-14,18,23H,3,11-12,24-25H2,1-2H3,(H,27,31)(H,28,30)/b17-14-,23-13?. The van der Waals surface area contributed by atoms with Gasteiger partial charge in [0.15, 0.2) is 5.69 Å². The smallest absolute Gasteiger partial charge is 0.273 e. The Bertz CT molecular complexity index is 960. The molecule has 0 saturated carbocycles. The minimum atomic E-state index is -0.612. The molecule has 0 aliphatic carbocycles. The number of nitrogens with zero attached hydrogens (tertiary/aromatic N) is 2. The fourth-order valence-electron chi connectivity index (χ4n) is 2.82. The number of hydrogen-bond acceptors (Lipinski definition) is 8. The van der Waals surface area contributed by atoms with Gasteiger partial charge in [-0.1, -0.05) is 31.2 Å². The van der Waals surface area contributed by atoms with Gasteiger partial charge >= 0.3 is 0 Å². The predicted octanol–water partition coefficient (Wildman–Crippen LogP) is 0.865. The Morgan fingerprint density at radius 3 is 2.62 bits per heavy atom. The highest BCUT2D eigenvalue weighted by molar-refractivity contribution is 5.95. The van der Waals surface area contributed by atoms with Gasteiger partial charge < -0.3 is 31.5 Å². The molecule has 1 aromatic heterocycles. The Balaban J connectivity index is 1.88. The van der Waals surface area contributed by atoms with E-state index >= 15 is 0 Å². The lowest BCUT2D eigenvalue weighted by Gasteiger charge is -2.18. The first kappa shape index (κ1) is 24.4. The van der Waals surface area contributed by atoms with Gasteiger partial charge in [0.25, 0.3) is 11.8 Å². The van der Waals surface area contributed by atoms with Crippen molar-refractivity contribution < 1.29 is 14.3 Å². The largest absolute Gasteiger partial charge is 0.494 e. The lowest BCUT2D eigenvalue weighted by Crippen LogP contribution is -2.39. The Hall–Kier alpha value is -3.92. The average Bonchev–Trinajstić information content (AvgIpc) is 2.82. The first-order chi connectivity index (χ1) is 15.4. The molecule has 1 atom stereocenters. The lowest BCUT2D eigenvalue weighted by atomic mass is 10.0. The second-order valence-electron chi connectivity index (χ2n) is 6.85. The second kappa shape index (κ2) is 12.1. The summed E-state index contributed by atoms with van der Waals surface area (Å²) in [7, 11) is 1.46. The molecule has 1 unspecified atom stereocenters. The summed E-state index contributed by atoms with van der Waals surface area (Å²) in [5.74, 6) is 5.25. The van der Waals surface area contributed by atoms with Crippen molar-refractivity contribution in [1.82, 2.24) is 20.6 Å². The van der Waals surface area contributed by atoms with Crippen molar-refractivity contribution in [3.63, 3.8) is 0 Å². The van der Waals surface area contributed by atoms with Gasteiger partial charge in [-0.05, 0) is 29.7 Å². The van der Waals surface area contributed by atoms with Crippen LogP contribution in [0.15, 0.2) is 54.5 Å². The summed E-state index contributed by atoms with van der Waals surface area (Å²) >= 11 is 0. The molecule has 10 heteroatoms. The number of pyridine rings is 1. The van der Waals surface area contributed by atoms with E-state index in [1.54, 1.807) is 12.1 Å². The van der Waals surface area contributed by atoms with Crippen LogP contribution in [-0.4, -0.2) is 48.2 Å². The van der Waals surface area contributed by atoms with E-state index in [0.717, 1.165) is 23.8 Å². The van der Waals surface area contributed by atoms with E-state index in [4.69, 9.17) is 21.7 Å². The van der Waals surface area contributed by atoms with Crippen molar-refractivity contribution in [2.24, 2.45) is 11.6 Å². The van der Waals surface area contributed by atoms with Crippen molar-refractivity contribution in [1.29, 1.82) is 5.41 Å². The third-order valence-corrected chi connectivity index (χ3v) is 4.63. The molecular formula is C22H29N7O3. The van der Waals surface area contributed by atoms with E-state index in [9.17, 15) is 9.59 Å². The van der Waals surface area contributed by atoms with Crippen molar-refractivity contribution in [3.05, 3.63) is 71.3 Å². The van der Waals surface area contributed by atoms with Crippen LogP contribution in [0.25, 0.3) is 0 Å². The van der Waals surface area contributed by atoms with Gasteiger partial charge in [-0.2, -0.15) is 0 Å². The van der Waals surface area contributed by atoms with Crippen LogP contribution >= 0.6 is 0 Å². The fraction of sp³-hybridized carbons (Fsp3) is 0.273. The normalized spacial score (nSPS) is 11.9. The van der Waals surface area contributed by atoms with Crippen LogP contribution in [0, 0.1) is 5.41 Å². The minimum Gasteiger partial charge on any atom is -0.494 e. The molecule has 0 aliphatic heterocycles. The minimum absolute atomic E-state index is 0.123. The van der Waals surface area contributed by atoms with E-state index in [-0.39, 0.29) is 24.5 Å². The number of methoxy groups -OCH3 is 1. The fourth-order valence-corrected chi connectivity index (χ4v) is 2.82.